The molecule has 1 aliphatic carbocycles. The van der Waals surface area contributed by atoms with E-state index in [2.05, 4.69) is 30.0 Å². The van der Waals surface area contributed by atoms with E-state index >= 15 is 0 Å². The van der Waals surface area contributed by atoms with E-state index in [1.165, 1.54) is 28.4 Å². The Kier molecular flexibility index (Phi) is 9.08. The van der Waals surface area contributed by atoms with Gasteiger partial charge in [0.15, 0.2) is 11.6 Å². The van der Waals surface area contributed by atoms with Gasteiger partial charge < -0.3 is 30.1 Å². The number of halogens is 1. The zero-order chi connectivity index (χ0) is 31.6. The number of ether oxygens (including phenoxy) is 1. The van der Waals surface area contributed by atoms with Gasteiger partial charge in [-0.3, -0.25) is 24.2 Å². The molecular weight excluding hydrogens is 626 g/mol. The normalized spacial score (nSPS) is 15.7. The zero-order valence-electron chi connectivity index (χ0n) is 23.9. The number of thiophene rings is 1. The number of hydrogen-bond donors (Lipinski definition) is 4. The van der Waals surface area contributed by atoms with Crippen LogP contribution in [0.1, 0.15) is 18.4 Å². The number of rotatable bonds is 10. The summed E-state index contributed by atoms with van der Waals surface area (Å²) in [6.45, 7) is 2.03. The number of aromatic nitrogens is 2. The Morgan fingerprint density at radius 1 is 1.04 bits per heavy atom. The Balaban J connectivity index is 1.06. The molecule has 4 heterocycles. The van der Waals surface area contributed by atoms with Gasteiger partial charge in [-0.15, -0.1) is 11.3 Å². The van der Waals surface area contributed by atoms with Crippen molar-refractivity contribution in [3.63, 3.8) is 0 Å². The molecule has 1 saturated heterocycles. The van der Waals surface area contributed by atoms with E-state index < -0.39 is 26.2 Å². The number of urea groups is 1. The van der Waals surface area contributed by atoms with Crippen molar-refractivity contribution in [3.8, 4) is 22.1 Å². The quantitative estimate of drug-likeness (QED) is 0.181. The average Bonchev–Trinajstić information content (AvgIpc) is 3.71. The number of pyridine rings is 2. The number of anilines is 1. The predicted molar refractivity (Wildman–Crippen MR) is 164 cm³/mol. The number of carbonyl (C=O) groups excluding carboxylic acids is 2. The monoisotopic (exact) mass is 656 g/mol. The number of benzene rings is 1. The van der Waals surface area contributed by atoms with Gasteiger partial charge in [-0.1, -0.05) is 6.07 Å². The fourth-order valence-electron chi connectivity index (χ4n) is 4.79. The lowest BCUT2D eigenvalue weighted by Crippen LogP contribution is -2.49. The molecule has 45 heavy (non-hydrogen) atoms. The number of amides is 3. The van der Waals surface area contributed by atoms with Crippen molar-refractivity contribution >= 4 is 47.0 Å². The topological polar surface area (TPSA) is 166 Å². The first kappa shape index (κ1) is 31.0. The zero-order valence-corrected chi connectivity index (χ0v) is 25.6. The summed E-state index contributed by atoms with van der Waals surface area (Å²) in [4.78, 5) is 55.3. The van der Waals surface area contributed by atoms with Crippen molar-refractivity contribution in [1.29, 1.82) is 0 Å². The molecule has 0 radical (unpaired) electrons. The van der Waals surface area contributed by atoms with Gasteiger partial charge in [0.25, 0.3) is 0 Å². The maximum atomic E-state index is 14.9. The molecule has 0 atom stereocenters. The molecule has 3 aromatic heterocycles. The van der Waals surface area contributed by atoms with Gasteiger partial charge in [-0.25, -0.2) is 13.8 Å². The highest BCUT2D eigenvalue weighted by atomic mass is 32.1. The number of fused-ring (bicyclic) bond motifs is 1. The van der Waals surface area contributed by atoms with Gasteiger partial charge in [-0.2, -0.15) is 0 Å². The van der Waals surface area contributed by atoms with E-state index in [0.29, 0.717) is 49.7 Å². The van der Waals surface area contributed by atoms with Crippen LogP contribution < -0.4 is 15.4 Å². The lowest BCUT2D eigenvalue weighted by Gasteiger charge is -2.34. The third kappa shape index (κ3) is 8.19. The van der Waals surface area contributed by atoms with Gasteiger partial charge in [-0.05, 0) is 42.7 Å². The van der Waals surface area contributed by atoms with Gasteiger partial charge in [0.2, 0.25) is 5.91 Å². The Hall–Kier alpha value is -3.98. The van der Waals surface area contributed by atoms with Crippen LogP contribution in [-0.2, 0) is 20.4 Å². The number of phosphoric ester groups is 1. The van der Waals surface area contributed by atoms with Gasteiger partial charge in [0.1, 0.15) is 12.4 Å². The summed E-state index contributed by atoms with van der Waals surface area (Å²) in [6.07, 6.45) is 5.30. The van der Waals surface area contributed by atoms with E-state index in [9.17, 15) is 18.5 Å². The van der Waals surface area contributed by atoms with Crippen molar-refractivity contribution in [2.24, 2.45) is 0 Å². The predicted octanol–water partition coefficient (Wildman–Crippen LogP) is 4.33. The maximum absolute atomic E-state index is 14.9. The van der Waals surface area contributed by atoms with E-state index in [-0.39, 0.29) is 17.8 Å². The van der Waals surface area contributed by atoms with Crippen molar-refractivity contribution < 1.29 is 37.6 Å². The van der Waals surface area contributed by atoms with Crippen LogP contribution in [0.2, 0.25) is 0 Å². The minimum Gasteiger partial charge on any atom is -0.453 e. The van der Waals surface area contributed by atoms with Gasteiger partial charge >= 0.3 is 13.9 Å². The molecule has 3 amide bonds. The summed E-state index contributed by atoms with van der Waals surface area (Å²) in [5, 5.41) is 5.43. The highest BCUT2D eigenvalue weighted by molar-refractivity contribution is 7.46. The molecule has 13 nitrogen and oxygen atoms in total. The molecule has 1 aliphatic heterocycles. The van der Waals surface area contributed by atoms with E-state index in [4.69, 9.17) is 14.5 Å². The third-order valence-electron chi connectivity index (χ3n) is 7.26. The summed E-state index contributed by atoms with van der Waals surface area (Å²) < 4.78 is 36.7. The maximum Gasteiger partial charge on any atom is 0.470 e. The molecule has 2 aliphatic rings. The average molecular weight is 657 g/mol. The summed E-state index contributed by atoms with van der Waals surface area (Å²) in [6, 6.07) is 11.6. The first-order valence-electron chi connectivity index (χ1n) is 14.2. The van der Waals surface area contributed by atoms with E-state index in [0.717, 1.165) is 33.7 Å². The second-order valence-electron chi connectivity index (χ2n) is 10.7. The number of nitrogens with zero attached hydrogens (tertiary/aromatic N) is 4. The van der Waals surface area contributed by atoms with Crippen molar-refractivity contribution in [2.75, 3.05) is 38.1 Å². The number of piperazine rings is 1. The lowest BCUT2D eigenvalue weighted by atomic mass is 10.2. The molecule has 2 fully saturated rings. The first-order valence-corrected chi connectivity index (χ1v) is 16.5. The number of nitrogens with one attached hydrogen (secondary N) is 2. The van der Waals surface area contributed by atoms with E-state index in [1.54, 1.807) is 24.5 Å². The van der Waals surface area contributed by atoms with Crippen LogP contribution in [0.25, 0.3) is 20.8 Å². The van der Waals surface area contributed by atoms with Crippen LogP contribution in [0.4, 0.5) is 14.9 Å². The van der Waals surface area contributed by atoms with Crippen LogP contribution in [-0.4, -0.2) is 80.3 Å². The number of hydrogen-bond acceptors (Lipinski definition) is 9. The largest absolute Gasteiger partial charge is 0.470 e. The molecule has 6 rings (SSSR count). The number of carbonyl (C=O) groups is 2. The van der Waals surface area contributed by atoms with Crippen molar-refractivity contribution in [3.05, 3.63) is 66.2 Å². The molecule has 0 bridgehead atoms. The minimum atomic E-state index is -4.69. The molecule has 0 unspecified atom stereocenters. The lowest BCUT2D eigenvalue weighted by molar-refractivity contribution is -0.135. The second-order valence-corrected chi connectivity index (χ2v) is 13.0. The molecule has 4 N–H and O–H groups in total. The van der Waals surface area contributed by atoms with Crippen LogP contribution in [0.5, 0.6) is 11.5 Å². The first-order chi connectivity index (χ1) is 21.6. The second kappa shape index (κ2) is 13.2. The smallest absolute Gasteiger partial charge is 0.453 e. The summed E-state index contributed by atoms with van der Waals surface area (Å²) in [7, 11) is -4.69. The molecule has 0 spiro atoms. The molecule has 4 aromatic rings. The van der Waals surface area contributed by atoms with Crippen molar-refractivity contribution in [2.45, 2.75) is 25.4 Å². The highest BCUT2D eigenvalue weighted by Crippen LogP contribution is 2.39. The van der Waals surface area contributed by atoms with Gasteiger partial charge in [0, 0.05) is 69.0 Å². The molecule has 1 aromatic carbocycles. The Labute approximate surface area is 261 Å². The SMILES string of the molecule is O=C(Nc1ccc(Oc2ccnc3cc(-c4ccc(CN5CCN(C(=O)COP(=O)(O)O)CC5)cn4)sc23)c(F)c1)NC1CC1. The van der Waals surface area contributed by atoms with Crippen LogP contribution in [0, 0.1) is 5.82 Å². The molecule has 236 valence electrons. The standard InChI is InChI=1S/C29H30FN6O7PS/c30-21-13-20(34-29(38)33-19-2-3-19)4-6-24(21)43-25-7-8-31-23-14-26(45-28(23)25)22-5-1-18(15-32-22)16-35-9-11-36(12-10-35)27(37)17-42-44(39,40)41/h1,4-8,13-15,19H,2-3,9-12,16-17H2,(H2,33,34,38)(H2,39,40,41). The molecule has 1 saturated carbocycles. The Morgan fingerprint density at radius 3 is 2.53 bits per heavy atom. The molecule has 16 heteroatoms. The molecular formula is C29H30FN6O7PS. The van der Waals surface area contributed by atoms with Crippen molar-refractivity contribution in [1.82, 2.24) is 25.1 Å². The highest BCUT2D eigenvalue weighted by Gasteiger charge is 2.25. The van der Waals surface area contributed by atoms with Crippen LogP contribution >= 0.6 is 19.2 Å². The number of phosphoric acid groups is 1. The van der Waals surface area contributed by atoms with Crippen LogP contribution in [0.15, 0.2) is 54.9 Å². The minimum absolute atomic E-state index is 0.0211. The summed E-state index contributed by atoms with van der Waals surface area (Å²) >= 11 is 1.43. The third-order valence-corrected chi connectivity index (χ3v) is 8.89. The van der Waals surface area contributed by atoms with Crippen LogP contribution in [0.3, 0.4) is 0 Å². The Bertz CT molecular complexity index is 1760. The summed E-state index contributed by atoms with van der Waals surface area (Å²) in [5.74, 6) is -0.599. The Morgan fingerprint density at radius 2 is 1.84 bits per heavy atom. The fraction of sp³-hybridized carbons (Fsp3) is 0.310. The summed E-state index contributed by atoms with van der Waals surface area (Å²) in [5.41, 5.74) is 2.76. The van der Waals surface area contributed by atoms with E-state index in [1.807, 2.05) is 18.2 Å². The van der Waals surface area contributed by atoms with Gasteiger partial charge in [0.05, 0.1) is 20.8 Å². The fourth-order valence-corrected chi connectivity index (χ4v) is 6.11.